The summed E-state index contributed by atoms with van der Waals surface area (Å²) in [5.74, 6) is 0. The largest absolute Gasteiger partial charge is 0.444 e. The molecule has 0 spiro atoms. The summed E-state index contributed by atoms with van der Waals surface area (Å²) >= 11 is 0. The Morgan fingerprint density at radius 3 is 2.19 bits per heavy atom. The fourth-order valence-corrected chi connectivity index (χ4v) is 1.93. The van der Waals surface area contributed by atoms with Gasteiger partial charge >= 0.3 is 6.09 Å². The summed E-state index contributed by atoms with van der Waals surface area (Å²) in [6.07, 6.45) is -0.442. The minimum Gasteiger partial charge on any atom is -0.444 e. The van der Waals surface area contributed by atoms with E-state index < -0.39 is 6.09 Å². The third-order valence-corrected chi connectivity index (χ3v) is 3.21. The molecule has 2 rings (SSSR count). The molecule has 0 fully saturated rings. The molecule has 0 aliphatic rings. The molecular weight excluding hydrogens is 262 g/mol. The van der Waals surface area contributed by atoms with Crippen LogP contribution in [0.3, 0.4) is 0 Å². The highest BCUT2D eigenvalue weighted by atomic mass is 16.5. The van der Waals surface area contributed by atoms with E-state index in [4.69, 9.17) is 4.74 Å². The fraction of sp³-hybridized carbons (Fsp3) is 0.278. The van der Waals surface area contributed by atoms with Gasteiger partial charge in [0.25, 0.3) is 0 Å². The van der Waals surface area contributed by atoms with E-state index in [1.54, 1.807) is 0 Å². The first-order chi connectivity index (χ1) is 9.95. The van der Waals surface area contributed by atoms with E-state index in [-0.39, 0.29) is 12.0 Å². The fourth-order valence-electron chi connectivity index (χ4n) is 1.93. The van der Waals surface area contributed by atoms with Crippen molar-refractivity contribution in [2.24, 2.45) is 0 Å². The van der Waals surface area contributed by atoms with Crippen LogP contribution >= 0.6 is 0 Å². The van der Waals surface area contributed by atoms with Crippen LogP contribution in [0.2, 0.25) is 0 Å². The number of hydrogen-bond donors (Lipinski definition) is 1. The third kappa shape index (κ3) is 4.63. The average molecular weight is 283 g/mol. The highest BCUT2D eigenvalue weighted by molar-refractivity contribution is 5.84. The summed E-state index contributed by atoms with van der Waals surface area (Å²) in [6.45, 7) is 6.74. The van der Waals surface area contributed by atoms with Crippen LogP contribution in [-0.4, -0.2) is 6.09 Å². The van der Waals surface area contributed by atoms with Gasteiger partial charge in [-0.1, -0.05) is 63.2 Å². The maximum Gasteiger partial charge on any atom is 0.411 e. The first kappa shape index (κ1) is 15.1. The zero-order chi connectivity index (χ0) is 15.3. The molecule has 2 aromatic rings. The van der Waals surface area contributed by atoms with E-state index >= 15 is 0 Å². The molecule has 1 amide bonds. The van der Waals surface area contributed by atoms with Crippen molar-refractivity contribution in [3.05, 3.63) is 65.7 Å². The Morgan fingerprint density at radius 1 is 1.00 bits per heavy atom. The number of ether oxygens (including phenoxy) is 1. The molecule has 0 saturated heterocycles. The normalized spacial score (nSPS) is 11.0. The van der Waals surface area contributed by atoms with Crippen molar-refractivity contribution in [2.45, 2.75) is 32.8 Å². The molecule has 0 aliphatic carbocycles. The first-order valence-electron chi connectivity index (χ1n) is 7.03. The third-order valence-electron chi connectivity index (χ3n) is 3.21. The quantitative estimate of drug-likeness (QED) is 0.884. The Bertz CT molecular complexity index is 583. The molecule has 21 heavy (non-hydrogen) atoms. The lowest BCUT2D eigenvalue weighted by Crippen LogP contribution is -2.14. The van der Waals surface area contributed by atoms with Crippen LogP contribution in [0.1, 0.15) is 31.9 Å². The Labute approximate surface area is 126 Å². The van der Waals surface area contributed by atoms with Gasteiger partial charge in [-0.15, -0.1) is 0 Å². The van der Waals surface area contributed by atoms with Gasteiger partial charge in [0.05, 0.1) is 0 Å². The Kier molecular flexibility index (Phi) is 4.63. The van der Waals surface area contributed by atoms with Crippen molar-refractivity contribution in [1.29, 1.82) is 0 Å². The van der Waals surface area contributed by atoms with Crippen LogP contribution in [0, 0.1) is 0 Å². The first-order valence-corrected chi connectivity index (χ1v) is 7.03. The molecule has 3 nitrogen and oxygen atoms in total. The Balaban J connectivity index is 1.88. The highest BCUT2D eigenvalue weighted by Gasteiger charge is 2.13. The maximum atomic E-state index is 11.7. The van der Waals surface area contributed by atoms with Gasteiger partial charge in [-0.05, 0) is 28.7 Å². The molecule has 1 N–H and O–H groups in total. The van der Waals surface area contributed by atoms with Crippen molar-refractivity contribution in [3.8, 4) is 0 Å². The number of carbonyl (C=O) groups excluding carboxylic acids is 1. The topological polar surface area (TPSA) is 38.3 Å². The van der Waals surface area contributed by atoms with Gasteiger partial charge in [-0.25, -0.2) is 4.79 Å². The van der Waals surface area contributed by atoms with Gasteiger partial charge in [0.1, 0.15) is 6.61 Å². The SMILES string of the molecule is CC(C)(C)c1ccc(NC(=O)OCc2ccccc2)cc1. The van der Waals surface area contributed by atoms with Crippen LogP contribution in [0.15, 0.2) is 54.6 Å². The smallest absolute Gasteiger partial charge is 0.411 e. The van der Waals surface area contributed by atoms with Gasteiger partial charge in [0.15, 0.2) is 0 Å². The predicted molar refractivity (Wildman–Crippen MR) is 85.4 cm³/mol. The minimum absolute atomic E-state index is 0.104. The lowest BCUT2D eigenvalue weighted by Gasteiger charge is -2.19. The molecule has 0 unspecified atom stereocenters. The van der Waals surface area contributed by atoms with E-state index in [1.165, 1.54) is 5.56 Å². The minimum atomic E-state index is -0.442. The Hall–Kier alpha value is -2.29. The zero-order valence-electron chi connectivity index (χ0n) is 12.7. The van der Waals surface area contributed by atoms with Crippen LogP contribution in [0.4, 0.5) is 10.5 Å². The lowest BCUT2D eigenvalue weighted by molar-refractivity contribution is 0.155. The van der Waals surface area contributed by atoms with Crippen molar-refractivity contribution in [1.82, 2.24) is 0 Å². The number of amides is 1. The molecule has 2 aromatic carbocycles. The average Bonchev–Trinajstić information content (AvgIpc) is 2.46. The molecule has 0 aromatic heterocycles. The number of carbonyl (C=O) groups is 1. The highest BCUT2D eigenvalue weighted by Crippen LogP contribution is 2.23. The second-order valence-electron chi connectivity index (χ2n) is 6.01. The van der Waals surface area contributed by atoms with Gasteiger partial charge in [0, 0.05) is 5.69 Å². The molecular formula is C18H21NO2. The standard InChI is InChI=1S/C18H21NO2/c1-18(2,3)15-9-11-16(12-10-15)19-17(20)21-13-14-7-5-4-6-8-14/h4-12H,13H2,1-3H3,(H,19,20). The summed E-state index contributed by atoms with van der Waals surface area (Å²) in [5.41, 5.74) is 3.04. The number of hydrogen-bond acceptors (Lipinski definition) is 2. The molecule has 0 saturated carbocycles. The molecule has 0 heterocycles. The van der Waals surface area contributed by atoms with Crippen molar-refractivity contribution < 1.29 is 9.53 Å². The summed E-state index contributed by atoms with van der Waals surface area (Å²) in [4.78, 5) is 11.7. The van der Waals surface area contributed by atoms with Crippen molar-refractivity contribution in [2.75, 3.05) is 5.32 Å². The van der Waals surface area contributed by atoms with Crippen molar-refractivity contribution >= 4 is 11.8 Å². The van der Waals surface area contributed by atoms with Crippen molar-refractivity contribution in [3.63, 3.8) is 0 Å². The molecule has 3 heteroatoms. The molecule has 0 bridgehead atoms. The van der Waals surface area contributed by atoms with E-state index in [0.29, 0.717) is 0 Å². The zero-order valence-corrected chi connectivity index (χ0v) is 12.7. The second kappa shape index (κ2) is 6.44. The van der Waals surface area contributed by atoms with Gasteiger partial charge in [0.2, 0.25) is 0 Å². The summed E-state index contributed by atoms with van der Waals surface area (Å²) in [7, 11) is 0. The van der Waals surface area contributed by atoms with Crippen LogP contribution < -0.4 is 5.32 Å². The lowest BCUT2D eigenvalue weighted by atomic mass is 9.87. The monoisotopic (exact) mass is 283 g/mol. The summed E-state index contributed by atoms with van der Waals surface area (Å²) in [5, 5.41) is 2.73. The van der Waals surface area contributed by atoms with Gasteiger partial charge in [-0.2, -0.15) is 0 Å². The maximum absolute atomic E-state index is 11.7. The Morgan fingerprint density at radius 2 is 1.62 bits per heavy atom. The number of anilines is 1. The predicted octanol–water partition coefficient (Wildman–Crippen LogP) is 4.73. The second-order valence-corrected chi connectivity index (χ2v) is 6.01. The van der Waals surface area contributed by atoms with Crippen LogP contribution in [0.5, 0.6) is 0 Å². The number of nitrogens with one attached hydrogen (secondary N) is 1. The van der Waals surface area contributed by atoms with E-state index in [2.05, 4.69) is 26.1 Å². The molecule has 0 radical (unpaired) electrons. The van der Waals surface area contributed by atoms with E-state index in [0.717, 1.165) is 11.3 Å². The van der Waals surface area contributed by atoms with Crippen LogP contribution in [0.25, 0.3) is 0 Å². The van der Waals surface area contributed by atoms with Crippen LogP contribution in [-0.2, 0) is 16.8 Å². The summed E-state index contributed by atoms with van der Waals surface area (Å²) in [6, 6.07) is 17.4. The molecule has 110 valence electrons. The molecule has 0 atom stereocenters. The summed E-state index contributed by atoms with van der Waals surface area (Å²) < 4.78 is 5.18. The van der Waals surface area contributed by atoms with Gasteiger partial charge in [-0.3, -0.25) is 5.32 Å². The van der Waals surface area contributed by atoms with Gasteiger partial charge < -0.3 is 4.74 Å². The van der Waals surface area contributed by atoms with E-state index in [1.807, 2.05) is 54.6 Å². The number of benzene rings is 2. The molecule has 0 aliphatic heterocycles. The van der Waals surface area contributed by atoms with E-state index in [9.17, 15) is 4.79 Å². The number of rotatable bonds is 3.